The summed E-state index contributed by atoms with van der Waals surface area (Å²) < 4.78 is 35.8. The summed E-state index contributed by atoms with van der Waals surface area (Å²) in [5, 5.41) is 0. The van der Waals surface area contributed by atoms with Crippen LogP contribution in [0.25, 0.3) is 0 Å². The van der Waals surface area contributed by atoms with Gasteiger partial charge in [-0.25, -0.2) is 8.42 Å². The van der Waals surface area contributed by atoms with E-state index >= 15 is 0 Å². The largest absolute Gasteiger partial charge is 0.381 e. The number of hydrogen-bond acceptors (Lipinski definition) is 4. The molecule has 1 aromatic carbocycles. The van der Waals surface area contributed by atoms with Crippen molar-refractivity contribution in [1.82, 2.24) is 0 Å². The van der Waals surface area contributed by atoms with E-state index in [1.54, 1.807) is 7.11 Å². The van der Waals surface area contributed by atoms with E-state index in [1.807, 2.05) is 24.3 Å². The lowest BCUT2D eigenvalue weighted by atomic mass is 9.97. The molecule has 1 aromatic rings. The van der Waals surface area contributed by atoms with Crippen molar-refractivity contribution in [2.24, 2.45) is 0 Å². The molecule has 0 N–H and O–H groups in total. The summed E-state index contributed by atoms with van der Waals surface area (Å²) in [5.74, 6) is 0.137. The molecule has 0 bridgehead atoms. The fourth-order valence-electron chi connectivity index (χ4n) is 2.73. The summed E-state index contributed by atoms with van der Waals surface area (Å²) in [6.07, 6.45) is 2.23. The molecule has 0 radical (unpaired) electrons. The van der Waals surface area contributed by atoms with Crippen molar-refractivity contribution in [1.29, 1.82) is 0 Å². The first-order valence-corrected chi connectivity index (χ1v) is 9.22. The Hall–Kier alpha value is -0.910. The van der Waals surface area contributed by atoms with Gasteiger partial charge in [-0.3, -0.25) is 0 Å². The van der Waals surface area contributed by atoms with E-state index in [0.717, 1.165) is 12.0 Å². The van der Waals surface area contributed by atoms with Crippen LogP contribution in [0.5, 0.6) is 0 Å². The highest BCUT2D eigenvalue weighted by atomic mass is 32.2. The minimum atomic E-state index is -3.20. The number of benzene rings is 1. The molecule has 2 rings (SSSR count). The van der Waals surface area contributed by atoms with Gasteiger partial charge in [-0.2, -0.15) is 0 Å². The monoisotopic (exact) mass is 312 g/mol. The zero-order chi connectivity index (χ0) is 15.3. The van der Waals surface area contributed by atoms with E-state index < -0.39 is 15.4 Å². The minimum absolute atomic E-state index is 0.0649. The SMILES string of the molecule is CCc1ccc(CS(=O)(=O)CC2(OC)CCOCC2)cc1. The third-order valence-corrected chi connectivity index (χ3v) is 5.88. The third-order valence-electron chi connectivity index (χ3n) is 4.14. The lowest BCUT2D eigenvalue weighted by Crippen LogP contribution is -2.44. The Morgan fingerprint density at radius 2 is 1.71 bits per heavy atom. The molecule has 0 aromatic heterocycles. The zero-order valence-electron chi connectivity index (χ0n) is 12.8. The molecule has 1 fully saturated rings. The Balaban J connectivity index is 2.06. The molecule has 0 aliphatic carbocycles. The molecule has 1 aliphatic heterocycles. The molecule has 118 valence electrons. The standard InChI is InChI=1S/C16H24O4S/c1-3-14-4-6-15(7-5-14)12-21(17,18)13-16(19-2)8-10-20-11-9-16/h4-7H,3,8-13H2,1-2H3. The molecule has 0 saturated carbocycles. The van der Waals surface area contributed by atoms with Gasteiger partial charge in [0.15, 0.2) is 9.84 Å². The van der Waals surface area contributed by atoms with Gasteiger partial charge in [0, 0.05) is 33.2 Å². The van der Waals surface area contributed by atoms with E-state index in [4.69, 9.17) is 9.47 Å². The summed E-state index contributed by atoms with van der Waals surface area (Å²) in [4.78, 5) is 0. The summed E-state index contributed by atoms with van der Waals surface area (Å²) >= 11 is 0. The Morgan fingerprint density at radius 3 is 2.24 bits per heavy atom. The summed E-state index contributed by atoms with van der Waals surface area (Å²) in [7, 11) is -1.61. The van der Waals surface area contributed by atoms with Crippen molar-refractivity contribution in [3.05, 3.63) is 35.4 Å². The van der Waals surface area contributed by atoms with Crippen LogP contribution in [0.2, 0.25) is 0 Å². The van der Waals surface area contributed by atoms with Crippen molar-refractivity contribution in [2.45, 2.75) is 37.5 Å². The summed E-state index contributed by atoms with van der Waals surface area (Å²) in [5.41, 5.74) is 1.47. The average molecular weight is 312 g/mol. The molecular formula is C16H24O4S. The van der Waals surface area contributed by atoms with Crippen LogP contribution in [0.3, 0.4) is 0 Å². The van der Waals surface area contributed by atoms with Gasteiger partial charge in [-0.15, -0.1) is 0 Å². The van der Waals surface area contributed by atoms with E-state index in [2.05, 4.69) is 6.92 Å². The number of aryl methyl sites for hydroxylation is 1. The van der Waals surface area contributed by atoms with Crippen molar-refractivity contribution in [3.8, 4) is 0 Å². The van der Waals surface area contributed by atoms with Gasteiger partial charge < -0.3 is 9.47 Å². The lowest BCUT2D eigenvalue weighted by molar-refractivity contribution is -0.0750. The quantitative estimate of drug-likeness (QED) is 0.809. The second kappa shape index (κ2) is 6.90. The van der Waals surface area contributed by atoms with Crippen LogP contribution in [0.1, 0.15) is 30.9 Å². The normalized spacial score (nSPS) is 18.6. The van der Waals surface area contributed by atoms with E-state index in [0.29, 0.717) is 26.1 Å². The Morgan fingerprint density at radius 1 is 1.14 bits per heavy atom. The highest BCUT2D eigenvalue weighted by Crippen LogP contribution is 2.27. The number of rotatable bonds is 6. The molecule has 4 nitrogen and oxygen atoms in total. The van der Waals surface area contributed by atoms with Gasteiger partial charge >= 0.3 is 0 Å². The molecular weight excluding hydrogens is 288 g/mol. The molecule has 1 aliphatic rings. The highest BCUT2D eigenvalue weighted by Gasteiger charge is 2.37. The van der Waals surface area contributed by atoms with Crippen LogP contribution in [-0.4, -0.2) is 40.1 Å². The van der Waals surface area contributed by atoms with Crippen molar-refractivity contribution >= 4 is 9.84 Å². The van der Waals surface area contributed by atoms with Crippen LogP contribution in [0.4, 0.5) is 0 Å². The maximum Gasteiger partial charge on any atom is 0.157 e. The summed E-state index contributed by atoms with van der Waals surface area (Å²) in [6.45, 7) is 3.21. The Bertz CT molecular complexity index is 542. The van der Waals surface area contributed by atoms with Crippen LogP contribution in [0, 0.1) is 0 Å². The highest BCUT2D eigenvalue weighted by molar-refractivity contribution is 7.90. The first-order valence-electron chi connectivity index (χ1n) is 7.40. The maximum atomic E-state index is 12.5. The fraction of sp³-hybridized carbons (Fsp3) is 0.625. The first kappa shape index (κ1) is 16.5. The predicted octanol–water partition coefficient (Wildman–Crippen LogP) is 2.36. The van der Waals surface area contributed by atoms with Crippen molar-refractivity contribution in [3.63, 3.8) is 0 Å². The fourth-order valence-corrected chi connectivity index (χ4v) is 4.74. The van der Waals surface area contributed by atoms with Gasteiger partial charge in [-0.1, -0.05) is 31.2 Å². The van der Waals surface area contributed by atoms with Crippen LogP contribution in [-0.2, 0) is 31.5 Å². The van der Waals surface area contributed by atoms with Crippen LogP contribution in [0.15, 0.2) is 24.3 Å². The molecule has 0 unspecified atom stereocenters. The van der Waals surface area contributed by atoms with Gasteiger partial charge in [0.1, 0.15) is 0 Å². The summed E-state index contributed by atoms with van der Waals surface area (Å²) in [6, 6.07) is 7.79. The molecule has 5 heteroatoms. The molecule has 0 atom stereocenters. The number of hydrogen-bond donors (Lipinski definition) is 0. The van der Waals surface area contributed by atoms with E-state index in [9.17, 15) is 8.42 Å². The zero-order valence-corrected chi connectivity index (χ0v) is 13.6. The third kappa shape index (κ3) is 4.53. The molecule has 0 amide bonds. The number of sulfone groups is 1. The smallest absolute Gasteiger partial charge is 0.157 e. The van der Waals surface area contributed by atoms with Gasteiger partial charge in [0.2, 0.25) is 0 Å². The number of ether oxygens (including phenoxy) is 2. The van der Waals surface area contributed by atoms with Crippen molar-refractivity contribution < 1.29 is 17.9 Å². The molecule has 1 saturated heterocycles. The van der Waals surface area contributed by atoms with E-state index in [-0.39, 0.29) is 11.5 Å². The van der Waals surface area contributed by atoms with Crippen LogP contribution < -0.4 is 0 Å². The average Bonchev–Trinajstić information content (AvgIpc) is 2.48. The van der Waals surface area contributed by atoms with Gasteiger partial charge in [0.05, 0.1) is 17.1 Å². The van der Waals surface area contributed by atoms with Crippen LogP contribution >= 0.6 is 0 Å². The Labute approximate surface area is 127 Å². The van der Waals surface area contributed by atoms with Gasteiger partial charge in [0.25, 0.3) is 0 Å². The minimum Gasteiger partial charge on any atom is -0.381 e. The van der Waals surface area contributed by atoms with Gasteiger partial charge in [-0.05, 0) is 17.5 Å². The lowest BCUT2D eigenvalue weighted by Gasteiger charge is -2.35. The predicted molar refractivity (Wildman–Crippen MR) is 83.1 cm³/mol. The first-order chi connectivity index (χ1) is 9.99. The topological polar surface area (TPSA) is 52.6 Å². The second-order valence-corrected chi connectivity index (χ2v) is 7.77. The number of methoxy groups -OCH3 is 1. The molecule has 21 heavy (non-hydrogen) atoms. The van der Waals surface area contributed by atoms with E-state index in [1.165, 1.54) is 5.56 Å². The molecule has 1 heterocycles. The second-order valence-electron chi connectivity index (χ2n) is 5.70. The maximum absolute atomic E-state index is 12.5. The Kier molecular flexibility index (Phi) is 5.41. The van der Waals surface area contributed by atoms with Crippen molar-refractivity contribution in [2.75, 3.05) is 26.1 Å². The molecule has 0 spiro atoms.